The number of hydrogen-bond donors (Lipinski definition) is 1. The summed E-state index contributed by atoms with van der Waals surface area (Å²) >= 11 is 0. The van der Waals surface area contributed by atoms with Gasteiger partial charge in [-0.3, -0.25) is 0 Å². The van der Waals surface area contributed by atoms with Crippen LogP contribution in [0.5, 0.6) is 5.75 Å². The molecule has 0 radical (unpaired) electrons. The molecular formula is C16H23NO. The van der Waals surface area contributed by atoms with Crippen LogP contribution in [0.25, 0.3) is 0 Å². The van der Waals surface area contributed by atoms with Crippen LogP contribution in [-0.4, -0.2) is 13.2 Å². The van der Waals surface area contributed by atoms with E-state index in [1.54, 1.807) is 0 Å². The van der Waals surface area contributed by atoms with Gasteiger partial charge < -0.3 is 10.1 Å². The standard InChI is InChI=1S/C16H23NO/c1-16(2)8-6-12(10-16)11-18-15-5-3-4-14-13(15)7-9-17-14/h3-5,12,17H,6-11H2,1-2H3. The molecule has 1 aromatic rings. The number of nitrogens with one attached hydrogen (secondary N) is 1. The van der Waals surface area contributed by atoms with Gasteiger partial charge in [0, 0.05) is 17.8 Å². The zero-order valence-corrected chi connectivity index (χ0v) is 11.5. The van der Waals surface area contributed by atoms with Crippen molar-refractivity contribution in [3.05, 3.63) is 23.8 Å². The lowest BCUT2D eigenvalue weighted by Crippen LogP contribution is -2.12. The van der Waals surface area contributed by atoms with Crippen molar-refractivity contribution in [2.45, 2.75) is 39.5 Å². The van der Waals surface area contributed by atoms with E-state index in [2.05, 4.69) is 37.4 Å². The van der Waals surface area contributed by atoms with E-state index in [0.29, 0.717) is 5.41 Å². The second-order valence-electron chi connectivity index (χ2n) is 6.54. The lowest BCUT2D eigenvalue weighted by Gasteiger charge is -2.18. The molecule has 18 heavy (non-hydrogen) atoms. The SMILES string of the molecule is CC1(C)CCC(COc2cccc3c2CCN3)C1. The molecule has 98 valence electrons. The van der Waals surface area contributed by atoms with Crippen molar-refractivity contribution in [1.82, 2.24) is 0 Å². The van der Waals surface area contributed by atoms with Crippen molar-refractivity contribution < 1.29 is 4.74 Å². The van der Waals surface area contributed by atoms with E-state index in [4.69, 9.17) is 4.74 Å². The van der Waals surface area contributed by atoms with Crippen LogP contribution < -0.4 is 10.1 Å². The molecule has 1 aromatic carbocycles. The minimum atomic E-state index is 0.522. The maximum atomic E-state index is 6.09. The summed E-state index contributed by atoms with van der Waals surface area (Å²) in [6.45, 7) is 6.68. The maximum absolute atomic E-state index is 6.09. The van der Waals surface area contributed by atoms with Crippen LogP contribution in [0.15, 0.2) is 18.2 Å². The molecule has 0 bridgehead atoms. The fraction of sp³-hybridized carbons (Fsp3) is 0.625. The van der Waals surface area contributed by atoms with Gasteiger partial charge in [0.05, 0.1) is 6.61 Å². The van der Waals surface area contributed by atoms with Gasteiger partial charge in [-0.2, -0.15) is 0 Å². The van der Waals surface area contributed by atoms with Crippen molar-refractivity contribution in [3.63, 3.8) is 0 Å². The van der Waals surface area contributed by atoms with E-state index in [9.17, 15) is 0 Å². The molecule has 1 fully saturated rings. The first-order valence-corrected chi connectivity index (χ1v) is 7.13. The van der Waals surface area contributed by atoms with Crippen molar-refractivity contribution in [2.24, 2.45) is 11.3 Å². The van der Waals surface area contributed by atoms with Crippen LogP contribution >= 0.6 is 0 Å². The Hall–Kier alpha value is -1.18. The Kier molecular flexibility index (Phi) is 2.96. The second-order valence-corrected chi connectivity index (χ2v) is 6.54. The van der Waals surface area contributed by atoms with Gasteiger partial charge in [-0.05, 0) is 49.1 Å². The molecule has 1 heterocycles. The molecule has 2 heteroatoms. The Balaban J connectivity index is 1.63. The Morgan fingerprint density at radius 1 is 1.39 bits per heavy atom. The van der Waals surface area contributed by atoms with Crippen LogP contribution in [-0.2, 0) is 6.42 Å². The number of benzene rings is 1. The average molecular weight is 245 g/mol. The third kappa shape index (κ3) is 2.33. The monoisotopic (exact) mass is 245 g/mol. The van der Waals surface area contributed by atoms with Gasteiger partial charge in [0.25, 0.3) is 0 Å². The normalized spacial score (nSPS) is 24.7. The van der Waals surface area contributed by atoms with Crippen LogP contribution in [0.3, 0.4) is 0 Å². The maximum Gasteiger partial charge on any atom is 0.124 e. The molecule has 1 unspecified atom stereocenters. The van der Waals surface area contributed by atoms with E-state index < -0.39 is 0 Å². The summed E-state index contributed by atoms with van der Waals surface area (Å²) in [7, 11) is 0. The number of rotatable bonds is 3. The largest absolute Gasteiger partial charge is 0.493 e. The van der Waals surface area contributed by atoms with Gasteiger partial charge in [0.2, 0.25) is 0 Å². The van der Waals surface area contributed by atoms with Crippen LogP contribution in [0.2, 0.25) is 0 Å². The summed E-state index contributed by atoms with van der Waals surface area (Å²) in [5, 5.41) is 3.40. The Bertz CT molecular complexity index is 439. The molecule has 2 aliphatic rings. The van der Waals surface area contributed by atoms with Crippen LogP contribution in [0, 0.1) is 11.3 Å². The molecule has 2 nitrogen and oxygen atoms in total. The summed E-state index contributed by atoms with van der Waals surface area (Å²) < 4.78 is 6.09. The summed E-state index contributed by atoms with van der Waals surface area (Å²) in [6, 6.07) is 6.35. The van der Waals surface area contributed by atoms with E-state index in [0.717, 1.165) is 31.2 Å². The minimum Gasteiger partial charge on any atom is -0.493 e. The molecule has 1 atom stereocenters. The fourth-order valence-corrected chi connectivity index (χ4v) is 3.38. The Labute approximate surface area is 110 Å². The summed E-state index contributed by atoms with van der Waals surface area (Å²) in [6.07, 6.45) is 5.07. The van der Waals surface area contributed by atoms with Crippen LogP contribution in [0.1, 0.15) is 38.7 Å². The van der Waals surface area contributed by atoms with Crippen molar-refractivity contribution in [3.8, 4) is 5.75 Å². The molecule has 0 saturated heterocycles. The summed E-state index contributed by atoms with van der Waals surface area (Å²) in [5.41, 5.74) is 3.16. The molecule has 1 aliphatic heterocycles. The predicted molar refractivity (Wildman–Crippen MR) is 75.3 cm³/mol. The lowest BCUT2D eigenvalue weighted by atomic mass is 9.91. The molecule has 0 spiro atoms. The average Bonchev–Trinajstić information content (AvgIpc) is 2.92. The van der Waals surface area contributed by atoms with Gasteiger partial charge in [-0.15, -0.1) is 0 Å². The molecule has 0 amide bonds. The molecule has 1 N–H and O–H groups in total. The highest BCUT2D eigenvalue weighted by Gasteiger charge is 2.31. The summed E-state index contributed by atoms with van der Waals surface area (Å²) in [4.78, 5) is 0. The zero-order chi connectivity index (χ0) is 12.6. The van der Waals surface area contributed by atoms with Crippen molar-refractivity contribution in [1.29, 1.82) is 0 Å². The highest BCUT2D eigenvalue weighted by molar-refractivity contribution is 5.61. The smallest absolute Gasteiger partial charge is 0.124 e. The van der Waals surface area contributed by atoms with Gasteiger partial charge in [0.1, 0.15) is 5.75 Å². The van der Waals surface area contributed by atoms with Crippen LogP contribution in [0.4, 0.5) is 5.69 Å². The first-order chi connectivity index (χ1) is 8.64. The third-order valence-corrected chi connectivity index (χ3v) is 4.37. The number of ether oxygens (including phenoxy) is 1. The molecule has 1 saturated carbocycles. The lowest BCUT2D eigenvalue weighted by molar-refractivity contribution is 0.236. The van der Waals surface area contributed by atoms with Gasteiger partial charge in [-0.25, -0.2) is 0 Å². The molecule has 3 rings (SSSR count). The first kappa shape index (κ1) is 11.9. The highest BCUT2D eigenvalue weighted by Crippen LogP contribution is 2.41. The zero-order valence-electron chi connectivity index (χ0n) is 11.5. The van der Waals surface area contributed by atoms with Crippen molar-refractivity contribution >= 4 is 5.69 Å². The van der Waals surface area contributed by atoms with E-state index in [-0.39, 0.29) is 0 Å². The van der Waals surface area contributed by atoms with E-state index >= 15 is 0 Å². The fourth-order valence-electron chi connectivity index (χ4n) is 3.38. The topological polar surface area (TPSA) is 21.3 Å². The second kappa shape index (κ2) is 4.49. The van der Waals surface area contributed by atoms with Gasteiger partial charge in [-0.1, -0.05) is 19.9 Å². The quantitative estimate of drug-likeness (QED) is 0.873. The third-order valence-electron chi connectivity index (χ3n) is 4.37. The number of anilines is 1. The van der Waals surface area contributed by atoms with Gasteiger partial charge in [0.15, 0.2) is 0 Å². The molecular weight excluding hydrogens is 222 g/mol. The molecule has 1 aliphatic carbocycles. The Morgan fingerprint density at radius 3 is 3.06 bits per heavy atom. The molecule has 0 aromatic heterocycles. The highest BCUT2D eigenvalue weighted by atomic mass is 16.5. The summed E-state index contributed by atoms with van der Waals surface area (Å²) in [5.74, 6) is 1.84. The van der Waals surface area contributed by atoms with E-state index in [1.165, 1.54) is 30.5 Å². The minimum absolute atomic E-state index is 0.522. The Morgan fingerprint density at radius 2 is 2.28 bits per heavy atom. The number of hydrogen-bond acceptors (Lipinski definition) is 2. The van der Waals surface area contributed by atoms with E-state index in [1.807, 2.05) is 0 Å². The van der Waals surface area contributed by atoms with Gasteiger partial charge >= 0.3 is 0 Å². The van der Waals surface area contributed by atoms with Crippen molar-refractivity contribution in [2.75, 3.05) is 18.5 Å². The number of fused-ring (bicyclic) bond motifs is 1. The predicted octanol–water partition coefficient (Wildman–Crippen LogP) is 3.86. The first-order valence-electron chi connectivity index (χ1n) is 7.13.